The summed E-state index contributed by atoms with van der Waals surface area (Å²) in [6, 6.07) is 5.47. The van der Waals surface area contributed by atoms with Crippen LogP contribution >= 0.6 is 0 Å². The number of rotatable bonds is 6. The van der Waals surface area contributed by atoms with E-state index in [1.165, 1.54) is 13.2 Å². The molecule has 19 heavy (non-hydrogen) atoms. The first kappa shape index (κ1) is 15.0. The summed E-state index contributed by atoms with van der Waals surface area (Å²) >= 11 is 0. The average molecular weight is 265 g/mol. The van der Waals surface area contributed by atoms with Gasteiger partial charge in [0, 0.05) is 13.1 Å². The first-order valence-electron chi connectivity index (χ1n) is 5.93. The van der Waals surface area contributed by atoms with Crippen LogP contribution in [0.25, 0.3) is 6.08 Å². The van der Waals surface area contributed by atoms with Crippen molar-refractivity contribution in [2.45, 2.75) is 6.92 Å². The van der Waals surface area contributed by atoms with Gasteiger partial charge in [-0.3, -0.25) is 9.63 Å². The van der Waals surface area contributed by atoms with Crippen molar-refractivity contribution >= 4 is 12.0 Å². The molecule has 0 saturated carbocycles. The van der Waals surface area contributed by atoms with Crippen molar-refractivity contribution in [3.05, 3.63) is 29.8 Å². The molecule has 104 valence electrons. The Labute approximate surface area is 113 Å². The zero-order chi connectivity index (χ0) is 14.3. The van der Waals surface area contributed by atoms with Crippen LogP contribution in [0.3, 0.4) is 0 Å². The molecule has 0 aliphatic rings. The fraction of sp³-hybridized carbons (Fsp3) is 0.357. The summed E-state index contributed by atoms with van der Waals surface area (Å²) in [6.45, 7) is 2.48. The molecule has 0 aromatic heterocycles. The van der Waals surface area contributed by atoms with Crippen LogP contribution in [0.5, 0.6) is 11.5 Å². The second kappa shape index (κ2) is 7.43. The molecule has 0 saturated heterocycles. The molecular formula is C14H19NO4. The van der Waals surface area contributed by atoms with E-state index in [1.54, 1.807) is 20.2 Å². The molecule has 5 nitrogen and oxygen atoms in total. The summed E-state index contributed by atoms with van der Waals surface area (Å²) in [6.07, 6.45) is 3.12. The quantitative estimate of drug-likeness (QED) is 0.584. The Bertz CT molecular complexity index is 457. The van der Waals surface area contributed by atoms with Crippen molar-refractivity contribution in [1.29, 1.82) is 0 Å². The van der Waals surface area contributed by atoms with Crippen LogP contribution in [-0.2, 0) is 9.63 Å². The lowest BCUT2D eigenvalue weighted by molar-refractivity contribution is -0.162. The highest BCUT2D eigenvalue weighted by molar-refractivity contribution is 5.90. The summed E-state index contributed by atoms with van der Waals surface area (Å²) < 4.78 is 10.7. The second-order valence-electron chi connectivity index (χ2n) is 3.69. The summed E-state index contributed by atoms with van der Waals surface area (Å²) in [4.78, 5) is 16.3. The van der Waals surface area contributed by atoms with E-state index in [0.717, 1.165) is 10.6 Å². The molecular weight excluding hydrogens is 246 g/mol. The van der Waals surface area contributed by atoms with Gasteiger partial charge >= 0.3 is 0 Å². The van der Waals surface area contributed by atoms with Gasteiger partial charge in [-0.05, 0) is 30.7 Å². The standard InChI is InChI=1S/C14H19NO4/c1-5-19-12-8-6-11(10-13(12)17-3)7-9-14(16)15(2)18-4/h6-10H,5H2,1-4H3. The van der Waals surface area contributed by atoms with Gasteiger partial charge in [0.1, 0.15) is 0 Å². The maximum atomic E-state index is 11.5. The molecule has 0 aliphatic carbocycles. The molecule has 5 heteroatoms. The number of carbonyl (C=O) groups is 1. The Morgan fingerprint density at radius 2 is 2.05 bits per heavy atom. The summed E-state index contributed by atoms with van der Waals surface area (Å²) in [5, 5.41) is 1.14. The van der Waals surface area contributed by atoms with Gasteiger partial charge < -0.3 is 9.47 Å². The average Bonchev–Trinajstić information content (AvgIpc) is 2.45. The number of hydroxylamine groups is 2. The first-order chi connectivity index (χ1) is 9.12. The molecule has 1 amide bonds. The zero-order valence-corrected chi connectivity index (χ0v) is 11.7. The van der Waals surface area contributed by atoms with Crippen LogP contribution in [0, 0.1) is 0 Å². The summed E-state index contributed by atoms with van der Waals surface area (Å²) in [5.74, 6) is 1.08. The number of methoxy groups -OCH3 is 1. The lowest BCUT2D eigenvalue weighted by Crippen LogP contribution is -2.22. The van der Waals surface area contributed by atoms with Crippen LogP contribution in [0.1, 0.15) is 12.5 Å². The van der Waals surface area contributed by atoms with Gasteiger partial charge in [-0.1, -0.05) is 6.07 Å². The molecule has 0 spiro atoms. The first-order valence-corrected chi connectivity index (χ1v) is 5.93. The monoisotopic (exact) mass is 265 g/mol. The van der Waals surface area contributed by atoms with Crippen molar-refractivity contribution in [1.82, 2.24) is 5.06 Å². The number of benzene rings is 1. The van der Waals surface area contributed by atoms with Crippen LogP contribution < -0.4 is 9.47 Å². The molecule has 1 rings (SSSR count). The predicted molar refractivity (Wildman–Crippen MR) is 73.0 cm³/mol. The van der Waals surface area contributed by atoms with E-state index >= 15 is 0 Å². The van der Waals surface area contributed by atoms with E-state index < -0.39 is 0 Å². The molecule has 1 aromatic carbocycles. The normalized spacial score (nSPS) is 10.5. The maximum absolute atomic E-state index is 11.5. The van der Waals surface area contributed by atoms with E-state index in [2.05, 4.69) is 0 Å². The third kappa shape index (κ3) is 4.30. The lowest BCUT2D eigenvalue weighted by Gasteiger charge is -2.11. The molecule has 0 bridgehead atoms. The van der Waals surface area contributed by atoms with Gasteiger partial charge in [0.15, 0.2) is 11.5 Å². The van der Waals surface area contributed by atoms with Gasteiger partial charge in [0.05, 0.1) is 20.8 Å². The van der Waals surface area contributed by atoms with Gasteiger partial charge in [0.2, 0.25) is 0 Å². The molecule has 0 atom stereocenters. The third-order valence-electron chi connectivity index (χ3n) is 2.49. The predicted octanol–water partition coefficient (Wildman–Crippen LogP) is 2.13. The van der Waals surface area contributed by atoms with Crippen molar-refractivity contribution in [2.24, 2.45) is 0 Å². The third-order valence-corrected chi connectivity index (χ3v) is 2.49. The zero-order valence-electron chi connectivity index (χ0n) is 11.7. The summed E-state index contributed by atoms with van der Waals surface area (Å²) in [5.41, 5.74) is 0.846. The van der Waals surface area contributed by atoms with Crippen LogP contribution in [0.2, 0.25) is 0 Å². The van der Waals surface area contributed by atoms with Gasteiger partial charge in [0.25, 0.3) is 5.91 Å². The second-order valence-corrected chi connectivity index (χ2v) is 3.69. The Hall–Kier alpha value is -2.01. The SMILES string of the molecule is CCOc1ccc(C=CC(=O)N(C)OC)cc1OC. The van der Waals surface area contributed by atoms with Crippen molar-refractivity contribution in [2.75, 3.05) is 27.9 Å². The number of amides is 1. The van der Waals surface area contributed by atoms with Crippen molar-refractivity contribution < 1.29 is 19.1 Å². The van der Waals surface area contributed by atoms with E-state index in [-0.39, 0.29) is 5.91 Å². The van der Waals surface area contributed by atoms with Gasteiger partial charge in [-0.15, -0.1) is 0 Å². The molecule has 0 aliphatic heterocycles. The van der Waals surface area contributed by atoms with Crippen LogP contribution in [0.15, 0.2) is 24.3 Å². The smallest absolute Gasteiger partial charge is 0.269 e. The highest BCUT2D eigenvalue weighted by Crippen LogP contribution is 2.28. The number of nitrogens with zero attached hydrogens (tertiary/aromatic N) is 1. The lowest BCUT2D eigenvalue weighted by atomic mass is 10.2. The van der Waals surface area contributed by atoms with E-state index in [1.807, 2.05) is 25.1 Å². The minimum absolute atomic E-state index is 0.240. The topological polar surface area (TPSA) is 48.0 Å². The molecule has 0 unspecified atom stereocenters. The van der Waals surface area contributed by atoms with Gasteiger partial charge in [-0.2, -0.15) is 0 Å². The maximum Gasteiger partial charge on any atom is 0.269 e. The minimum Gasteiger partial charge on any atom is -0.493 e. The fourth-order valence-electron chi connectivity index (χ4n) is 1.43. The fourth-order valence-corrected chi connectivity index (χ4v) is 1.43. The van der Waals surface area contributed by atoms with Crippen molar-refractivity contribution in [3.63, 3.8) is 0 Å². The number of hydrogen-bond donors (Lipinski definition) is 0. The van der Waals surface area contributed by atoms with E-state index in [4.69, 9.17) is 14.3 Å². The Kier molecular flexibility index (Phi) is 5.89. The van der Waals surface area contributed by atoms with Crippen molar-refractivity contribution in [3.8, 4) is 11.5 Å². The number of carbonyl (C=O) groups excluding carboxylic acids is 1. The molecule has 1 aromatic rings. The highest BCUT2D eigenvalue weighted by Gasteiger charge is 2.05. The number of likely N-dealkylation sites (N-methyl/N-ethyl adjacent to an activating group) is 1. The number of ether oxygens (including phenoxy) is 2. The van der Waals surface area contributed by atoms with Crippen LogP contribution in [-0.4, -0.2) is 38.8 Å². The summed E-state index contributed by atoms with van der Waals surface area (Å²) in [7, 11) is 4.56. The molecule has 0 heterocycles. The Morgan fingerprint density at radius 1 is 1.32 bits per heavy atom. The van der Waals surface area contributed by atoms with Gasteiger partial charge in [-0.25, -0.2) is 5.06 Å². The Morgan fingerprint density at radius 3 is 2.63 bits per heavy atom. The molecule has 0 radical (unpaired) electrons. The van der Waals surface area contributed by atoms with Crippen LogP contribution in [0.4, 0.5) is 0 Å². The highest BCUT2D eigenvalue weighted by atomic mass is 16.7. The minimum atomic E-state index is -0.240. The largest absolute Gasteiger partial charge is 0.493 e. The molecule has 0 fully saturated rings. The Balaban J connectivity index is 2.85. The van der Waals surface area contributed by atoms with E-state index in [9.17, 15) is 4.79 Å². The van der Waals surface area contributed by atoms with E-state index in [0.29, 0.717) is 18.1 Å². The molecule has 0 N–H and O–H groups in total. The number of hydrogen-bond acceptors (Lipinski definition) is 4.